The minimum absolute atomic E-state index is 0.0276. The van der Waals surface area contributed by atoms with Crippen LogP contribution in [0.4, 0.5) is 5.69 Å². The zero-order chi connectivity index (χ0) is 18.7. The third kappa shape index (κ3) is 3.93. The van der Waals surface area contributed by atoms with Crippen LogP contribution < -0.4 is 16.4 Å². The van der Waals surface area contributed by atoms with Gasteiger partial charge in [0.05, 0.1) is 16.5 Å². The summed E-state index contributed by atoms with van der Waals surface area (Å²) in [7, 11) is 0. The Balaban J connectivity index is 1.59. The average Bonchev–Trinajstić information content (AvgIpc) is 2.91. The molecule has 1 fully saturated rings. The van der Waals surface area contributed by atoms with Gasteiger partial charge in [0.25, 0.3) is 5.69 Å². The molecule has 0 spiro atoms. The van der Waals surface area contributed by atoms with Gasteiger partial charge in [-0.15, -0.1) is 0 Å². The van der Waals surface area contributed by atoms with Crippen LogP contribution in [0.25, 0.3) is 11.1 Å². The fourth-order valence-corrected chi connectivity index (χ4v) is 3.29. The molecule has 2 aromatic rings. The second kappa shape index (κ2) is 7.69. The van der Waals surface area contributed by atoms with E-state index < -0.39 is 10.7 Å². The number of carbonyl (C=O) groups excluding carboxylic acids is 1. The Kier molecular flexibility index (Phi) is 5.36. The standard InChI is InChI=1S/C17H22N4O5/c1-11-10-18-7-6-13(11)19-16(22)3-2-8-20-14-5-4-12(21(24)25)9-15(14)26-17(20)23/h4-5,9,11,13,18H,2-3,6-8,10H2,1H3,(H,19,22). The number of fused-ring (bicyclic) bond motifs is 1. The van der Waals surface area contributed by atoms with Gasteiger partial charge in [0.15, 0.2) is 5.58 Å². The first-order chi connectivity index (χ1) is 12.5. The van der Waals surface area contributed by atoms with Crippen molar-refractivity contribution in [3.05, 3.63) is 38.9 Å². The summed E-state index contributed by atoms with van der Waals surface area (Å²) in [5.74, 6) is -0.211. The number of nitrogens with zero attached hydrogens (tertiary/aromatic N) is 2. The summed E-state index contributed by atoms with van der Waals surface area (Å²) in [6.45, 7) is 4.22. The Labute approximate surface area is 149 Å². The maximum absolute atomic E-state index is 12.1. The van der Waals surface area contributed by atoms with E-state index in [1.807, 2.05) is 0 Å². The van der Waals surface area contributed by atoms with E-state index in [1.165, 1.54) is 22.8 Å². The molecule has 0 radical (unpaired) electrons. The molecule has 26 heavy (non-hydrogen) atoms. The summed E-state index contributed by atoms with van der Waals surface area (Å²) < 4.78 is 6.48. The number of rotatable bonds is 6. The van der Waals surface area contributed by atoms with E-state index in [4.69, 9.17) is 4.42 Å². The lowest BCUT2D eigenvalue weighted by molar-refractivity contribution is -0.384. The van der Waals surface area contributed by atoms with E-state index in [1.54, 1.807) is 0 Å². The molecule has 3 rings (SSSR count). The minimum atomic E-state index is -0.576. The Morgan fingerprint density at radius 1 is 1.50 bits per heavy atom. The van der Waals surface area contributed by atoms with Crippen molar-refractivity contribution in [2.24, 2.45) is 5.92 Å². The van der Waals surface area contributed by atoms with Crippen molar-refractivity contribution in [1.82, 2.24) is 15.2 Å². The van der Waals surface area contributed by atoms with Crippen molar-refractivity contribution < 1.29 is 14.1 Å². The van der Waals surface area contributed by atoms with Crippen LogP contribution >= 0.6 is 0 Å². The molecule has 0 aliphatic carbocycles. The van der Waals surface area contributed by atoms with Crippen LogP contribution in [0.2, 0.25) is 0 Å². The number of carbonyl (C=O) groups is 1. The van der Waals surface area contributed by atoms with Crippen LogP contribution in [0, 0.1) is 16.0 Å². The van der Waals surface area contributed by atoms with Crippen molar-refractivity contribution in [2.45, 2.75) is 38.8 Å². The number of hydrogen-bond acceptors (Lipinski definition) is 6. The normalized spacial score (nSPS) is 20.2. The fraction of sp³-hybridized carbons (Fsp3) is 0.529. The molecule has 2 N–H and O–H groups in total. The molecule has 140 valence electrons. The Morgan fingerprint density at radius 3 is 3.04 bits per heavy atom. The van der Waals surface area contributed by atoms with Crippen LogP contribution in [0.5, 0.6) is 0 Å². The highest BCUT2D eigenvalue weighted by atomic mass is 16.6. The highest BCUT2D eigenvalue weighted by molar-refractivity contribution is 5.77. The highest BCUT2D eigenvalue weighted by Crippen LogP contribution is 2.20. The molecule has 0 bridgehead atoms. The number of hydrogen-bond donors (Lipinski definition) is 2. The van der Waals surface area contributed by atoms with Crippen molar-refractivity contribution in [3.63, 3.8) is 0 Å². The number of amides is 1. The summed E-state index contributed by atoms with van der Waals surface area (Å²) in [6, 6.07) is 4.24. The van der Waals surface area contributed by atoms with Gasteiger partial charge in [-0.25, -0.2) is 4.79 Å². The average molecular weight is 362 g/mol. The van der Waals surface area contributed by atoms with E-state index in [2.05, 4.69) is 17.6 Å². The maximum Gasteiger partial charge on any atom is 0.419 e. The van der Waals surface area contributed by atoms with E-state index >= 15 is 0 Å². The molecule has 2 heterocycles. The van der Waals surface area contributed by atoms with Gasteiger partial charge in [0.2, 0.25) is 5.91 Å². The van der Waals surface area contributed by atoms with E-state index in [9.17, 15) is 19.7 Å². The van der Waals surface area contributed by atoms with E-state index in [-0.39, 0.29) is 23.2 Å². The number of benzene rings is 1. The summed E-state index contributed by atoms with van der Waals surface area (Å²) in [4.78, 5) is 34.4. The number of oxazole rings is 1. The molecule has 1 aromatic heterocycles. The zero-order valence-corrected chi connectivity index (χ0v) is 14.6. The first kappa shape index (κ1) is 18.1. The number of piperidine rings is 1. The number of non-ortho nitro benzene ring substituents is 1. The Morgan fingerprint density at radius 2 is 2.31 bits per heavy atom. The second-order valence-corrected chi connectivity index (χ2v) is 6.68. The van der Waals surface area contributed by atoms with Crippen molar-refractivity contribution >= 4 is 22.7 Å². The number of nitrogens with one attached hydrogen (secondary N) is 2. The molecule has 1 aromatic carbocycles. The third-order valence-electron chi connectivity index (χ3n) is 4.78. The van der Waals surface area contributed by atoms with Crippen LogP contribution in [0.1, 0.15) is 26.2 Å². The van der Waals surface area contributed by atoms with Crippen LogP contribution in [-0.4, -0.2) is 34.5 Å². The molecule has 1 saturated heterocycles. The SMILES string of the molecule is CC1CNCCC1NC(=O)CCCn1c(=O)oc2cc([N+](=O)[O-])ccc21. The van der Waals surface area contributed by atoms with Gasteiger partial charge < -0.3 is 15.1 Å². The summed E-state index contributed by atoms with van der Waals surface area (Å²) in [6.07, 6.45) is 1.71. The monoisotopic (exact) mass is 362 g/mol. The highest BCUT2D eigenvalue weighted by Gasteiger charge is 2.22. The van der Waals surface area contributed by atoms with Crippen LogP contribution in [-0.2, 0) is 11.3 Å². The first-order valence-corrected chi connectivity index (χ1v) is 8.73. The molecular formula is C17H22N4O5. The van der Waals surface area contributed by atoms with Gasteiger partial charge in [0, 0.05) is 25.1 Å². The predicted octanol–water partition coefficient (Wildman–Crippen LogP) is 1.40. The van der Waals surface area contributed by atoms with Gasteiger partial charge in [-0.3, -0.25) is 19.5 Å². The number of nitro groups is 1. The second-order valence-electron chi connectivity index (χ2n) is 6.68. The zero-order valence-electron chi connectivity index (χ0n) is 14.6. The Hall–Kier alpha value is -2.68. The molecule has 2 unspecified atom stereocenters. The molecule has 0 saturated carbocycles. The molecule has 1 amide bonds. The van der Waals surface area contributed by atoms with Crippen molar-refractivity contribution in [1.29, 1.82) is 0 Å². The predicted molar refractivity (Wildman–Crippen MR) is 94.9 cm³/mol. The summed E-state index contributed by atoms with van der Waals surface area (Å²) in [5.41, 5.74) is 0.541. The minimum Gasteiger partial charge on any atom is -0.407 e. The maximum atomic E-state index is 12.1. The van der Waals surface area contributed by atoms with E-state index in [0.717, 1.165) is 19.5 Å². The lowest BCUT2D eigenvalue weighted by Crippen LogP contribution is -2.48. The lowest BCUT2D eigenvalue weighted by Gasteiger charge is -2.30. The molecule has 9 heteroatoms. The summed E-state index contributed by atoms with van der Waals surface area (Å²) in [5, 5.41) is 17.1. The van der Waals surface area contributed by atoms with Crippen molar-refractivity contribution in [3.8, 4) is 0 Å². The van der Waals surface area contributed by atoms with Gasteiger partial charge in [-0.2, -0.15) is 0 Å². The largest absolute Gasteiger partial charge is 0.419 e. The smallest absolute Gasteiger partial charge is 0.407 e. The van der Waals surface area contributed by atoms with Crippen LogP contribution in [0.15, 0.2) is 27.4 Å². The molecule has 1 aliphatic rings. The fourth-order valence-electron chi connectivity index (χ4n) is 3.29. The lowest BCUT2D eigenvalue weighted by atomic mass is 9.95. The molecule has 9 nitrogen and oxygen atoms in total. The third-order valence-corrected chi connectivity index (χ3v) is 4.78. The van der Waals surface area contributed by atoms with E-state index in [0.29, 0.717) is 30.8 Å². The number of aromatic nitrogens is 1. The van der Waals surface area contributed by atoms with Crippen LogP contribution in [0.3, 0.4) is 0 Å². The summed E-state index contributed by atoms with van der Waals surface area (Å²) >= 11 is 0. The Bertz CT molecular complexity index is 872. The molecule has 1 aliphatic heterocycles. The number of aryl methyl sites for hydroxylation is 1. The quantitative estimate of drug-likeness (QED) is 0.592. The van der Waals surface area contributed by atoms with Gasteiger partial charge >= 0.3 is 5.76 Å². The topological polar surface area (TPSA) is 119 Å². The number of nitro benzene ring substituents is 1. The first-order valence-electron chi connectivity index (χ1n) is 8.73. The van der Waals surface area contributed by atoms with Gasteiger partial charge in [-0.1, -0.05) is 6.92 Å². The van der Waals surface area contributed by atoms with Gasteiger partial charge in [-0.05, 0) is 37.9 Å². The van der Waals surface area contributed by atoms with Gasteiger partial charge in [0.1, 0.15) is 0 Å². The molecule has 2 atom stereocenters. The molecular weight excluding hydrogens is 340 g/mol. The van der Waals surface area contributed by atoms with Crippen molar-refractivity contribution in [2.75, 3.05) is 13.1 Å².